The minimum atomic E-state index is 0.0458. The molecule has 1 saturated heterocycles. The quantitative estimate of drug-likeness (QED) is 0.679. The molecule has 1 aliphatic rings. The summed E-state index contributed by atoms with van der Waals surface area (Å²) in [7, 11) is 0. The van der Waals surface area contributed by atoms with Crippen molar-refractivity contribution in [3.8, 4) is 12.3 Å². The lowest BCUT2D eigenvalue weighted by molar-refractivity contribution is -0.121. The number of amides is 1. The highest BCUT2D eigenvalue weighted by molar-refractivity contribution is 6.29. The molecule has 1 amide bonds. The first-order chi connectivity index (χ1) is 9.19. The fourth-order valence-electron chi connectivity index (χ4n) is 2.18. The van der Waals surface area contributed by atoms with Crippen LogP contribution in [0, 0.1) is 18.3 Å². The average molecular weight is 278 g/mol. The van der Waals surface area contributed by atoms with Crippen LogP contribution in [-0.2, 0) is 4.79 Å². The van der Waals surface area contributed by atoms with Gasteiger partial charge in [0.05, 0.1) is 18.4 Å². The number of nitrogens with zero attached hydrogens (tertiary/aromatic N) is 2. The van der Waals surface area contributed by atoms with Crippen molar-refractivity contribution in [2.75, 3.05) is 25.0 Å². The second kappa shape index (κ2) is 6.55. The van der Waals surface area contributed by atoms with Crippen LogP contribution in [0.3, 0.4) is 0 Å². The Kier molecular flexibility index (Phi) is 4.78. The van der Waals surface area contributed by atoms with Gasteiger partial charge < -0.3 is 5.32 Å². The Labute approximate surface area is 118 Å². The van der Waals surface area contributed by atoms with Crippen LogP contribution in [0.4, 0.5) is 5.69 Å². The molecular formula is C14H16ClN3O. The molecule has 1 aromatic rings. The van der Waals surface area contributed by atoms with Gasteiger partial charge in [0.2, 0.25) is 5.91 Å². The van der Waals surface area contributed by atoms with E-state index in [0.29, 0.717) is 17.4 Å². The number of likely N-dealkylation sites (tertiary alicyclic amines) is 1. The average Bonchev–Trinajstić information content (AvgIpc) is 2.42. The van der Waals surface area contributed by atoms with E-state index >= 15 is 0 Å². The smallest absolute Gasteiger partial charge is 0.227 e. The van der Waals surface area contributed by atoms with Crippen molar-refractivity contribution in [1.29, 1.82) is 0 Å². The van der Waals surface area contributed by atoms with E-state index in [4.69, 9.17) is 18.0 Å². The zero-order chi connectivity index (χ0) is 13.7. The van der Waals surface area contributed by atoms with Crippen molar-refractivity contribution < 1.29 is 4.79 Å². The highest BCUT2D eigenvalue weighted by Crippen LogP contribution is 2.19. The molecule has 0 saturated carbocycles. The number of halogens is 1. The summed E-state index contributed by atoms with van der Waals surface area (Å²) in [6.45, 7) is 2.41. The first-order valence-corrected chi connectivity index (χ1v) is 6.65. The molecule has 2 heterocycles. The van der Waals surface area contributed by atoms with Crippen molar-refractivity contribution in [1.82, 2.24) is 9.88 Å². The van der Waals surface area contributed by atoms with Crippen LogP contribution in [0.25, 0.3) is 0 Å². The predicted molar refractivity (Wildman–Crippen MR) is 75.9 cm³/mol. The molecule has 0 spiro atoms. The first kappa shape index (κ1) is 13.9. The van der Waals surface area contributed by atoms with Gasteiger partial charge in [-0.3, -0.25) is 9.69 Å². The van der Waals surface area contributed by atoms with Gasteiger partial charge in [-0.25, -0.2) is 4.98 Å². The molecule has 0 atom stereocenters. The zero-order valence-corrected chi connectivity index (χ0v) is 11.4. The number of hydrogen-bond acceptors (Lipinski definition) is 3. The molecule has 1 aromatic heterocycles. The van der Waals surface area contributed by atoms with Gasteiger partial charge in [0.25, 0.3) is 0 Å². The number of anilines is 1. The van der Waals surface area contributed by atoms with Crippen LogP contribution < -0.4 is 5.32 Å². The molecule has 5 heteroatoms. The van der Waals surface area contributed by atoms with E-state index in [-0.39, 0.29) is 11.8 Å². The fourth-order valence-corrected chi connectivity index (χ4v) is 2.29. The molecule has 0 aromatic carbocycles. The maximum Gasteiger partial charge on any atom is 0.227 e. The van der Waals surface area contributed by atoms with E-state index in [1.165, 1.54) is 0 Å². The van der Waals surface area contributed by atoms with Gasteiger partial charge in [-0.05, 0) is 38.1 Å². The van der Waals surface area contributed by atoms with Gasteiger partial charge in [0, 0.05) is 5.92 Å². The number of carbonyl (C=O) groups is 1. The topological polar surface area (TPSA) is 45.2 Å². The Hall–Kier alpha value is -1.57. The van der Waals surface area contributed by atoms with E-state index < -0.39 is 0 Å². The molecule has 19 heavy (non-hydrogen) atoms. The Morgan fingerprint density at radius 3 is 2.84 bits per heavy atom. The van der Waals surface area contributed by atoms with Gasteiger partial charge >= 0.3 is 0 Å². The number of pyridine rings is 1. The van der Waals surface area contributed by atoms with Crippen LogP contribution in [0.2, 0.25) is 5.15 Å². The Balaban J connectivity index is 1.85. The summed E-state index contributed by atoms with van der Waals surface area (Å²) in [6, 6.07) is 3.41. The van der Waals surface area contributed by atoms with Crippen molar-refractivity contribution in [2.45, 2.75) is 12.8 Å². The third-order valence-corrected chi connectivity index (χ3v) is 3.49. The summed E-state index contributed by atoms with van der Waals surface area (Å²) in [5, 5.41) is 3.28. The summed E-state index contributed by atoms with van der Waals surface area (Å²) in [5.41, 5.74) is 0.681. The van der Waals surface area contributed by atoms with Gasteiger partial charge in [0.15, 0.2) is 0 Å². The first-order valence-electron chi connectivity index (χ1n) is 6.27. The van der Waals surface area contributed by atoms with E-state index in [1.54, 1.807) is 18.3 Å². The standard InChI is InChI=1S/C14H16ClN3O/c1-2-7-18-8-5-11(6-9-18)14(19)17-12-3-4-13(15)16-10-12/h1,3-4,10-11H,5-9H2,(H,17,19). The summed E-state index contributed by atoms with van der Waals surface area (Å²) >= 11 is 5.70. The lowest BCUT2D eigenvalue weighted by atomic mass is 9.96. The van der Waals surface area contributed by atoms with Crippen molar-refractivity contribution >= 4 is 23.2 Å². The highest BCUT2D eigenvalue weighted by atomic mass is 35.5. The molecule has 1 N–H and O–H groups in total. The van der Waals surface area contributed by atoms with Crippen LogP contribution in [0.15, 0.2) is 18.3 Å². The van der Waals surface area contributed by atoms with Gasteiger partial charge in [-0.1, -0.05) is 17.5 Å². The molecule has 1 aliphatic heterocycles. The number of piperidine rings is 1. The molecule has 0 aliphatic carbocycles. The van der Waals surface area contributed by atoms with Gasteiger partial charge in [0.1, 0.15) is 5.15 Å². The molecule has 1 fully saturated rings. The molecule has 0 radical (unpaired) electrons. The third kappa shape index (κ3) is 3.95. The summed E-state index contributed by atoms with van der Waals surface area (Å²) < 4.78 is 0. The predicted octanol–water partition coefficient (Wildman–Crippen LogP) is 2.02. The Bertz CT molecular complexity index is 472. The number of hydrogen-bond donors (Lipinski definition) is 1. The van der Waals surface area contributed by atoms with Crippen LogP contribution in [-0.4, -0.2) is 35.4 Å². The Morgan fingerprint density at radius 2 is 2.26 bits per heavy atom. The molecule has 100 valence electrons. The summed E-state index contributed by atoms with van der Waals surface area (Å²) in [6.07, 6.45) is 8.53. The van der Waals surface area contributed by atoms with Gasteiger partial charge in [-0.15, -0.1) is 6.42 Å². The largest absolute Gasteiger partial charge is 0.324 e. The molecule has 4 nitrogen and oxygen atoms in total. The maximum atomic E-state index is 12.1. The molecule has 0 bridgehead atoms. The van der Waals surface area contributed by atoms with Crippen molar-refractivity contribution in [3.63, 3.8) is 0 Å². The second-order valence-corrected chi connectivity index (χ2v) is 5.00. The minimum absolute atomic E-state index is 0.0458. The highest BCUT2D eigenvalue weighted by Gasteiger charge is 2.24. The third-order valence-electron chi connectivity index (χ3n) is 3.27. The molecule has 0 unspecified atom stereocenters. The lowest BCUT2D eigenvalue weighted by Crippen LogP contribution is -2.38. The molecule has 2 rings (SSSR count). The number of aromatic nitrogens is 1. The zero-order valence-electron chi connectivity index (χ0n) is 10.6. The minimum Gasteiger partial charge on any atom is -0.324 e. The lowest BCUT2D eigenvalue weighted by Gasteiger charge is -2.29. The normalized spacial score (nSPS) is 16.8. The number of rotatable bonds is 3. The number of terminal acetylenes is 1. The van der Waals surface area contributed by atoms with Crippen LogP contribution in [0.5, 0.6) is 0 Å². The van der Waals surface area contributed by atoms with E-state index in [1.807, 2.05) is 0 Å². The maximum absolute atomic E-state index is 12.1. The van der Waals surface area contributed by atoms with Crippen molar-refractivity contribution in [2.24, 2.45) is 5.92 Å². The fraction of sp³-hybridized carbons (Fsp3) is 0.429. The Morgan fingerprint density at radius 1 is 1.53 bits per heavy atom. The van der Waals surface area contributed by atoms with E-state index in [9.17, 15) is 4.79 Å². The summed E-state index contributed by atoms with van der Waals surface area (Å²) in [4.78, 5) is 18.2. The monoisotopic (exact) mass is 277 g/mol. The number of nitrogens with one attached hydrogen (secondary N) is 1. The SMILES string of the molecule is C#CCN1CCC(C(=O)Nc2ccc(Cl)nc2)CC1. The number of carbonyl (C=O) groups excluding carboxylic acids is 1. The van der Waals surface area contributed by atoms with Gasteiger partial charge in [-0.2, -0.15) is 0 Å². The van der Waals surface area contributed by atoms with Crippen LogP contribution >= 0.6 is 11.6 Å². The van der Waals surface area contributed by atoms with E-state index in [2.05, 4.69) is 21.1 Å². The van der Waals surface area contributed by atoms with E-state index in [0.717, 1.165) is 25.9 Å². The van der Waals surface area contributed by atoms with Crippen molar-refractivity contribution in [3.05, 3.63) is 23.5 Å². The van der Waals surface area contributed by atoms with Crippen LogP contribution in [0.1, 0.15) is 12.8 Å². The second-order valence-electron chi connectivity index (χ2n) is 4.61. The summed E-state index contributed by atoms with van der Waals surface area (Å²) in [5.74, 6) is 2.72. The molecular weight excluding hydrogens is 262 g/mol.